The molecule has 0 N–H and O–H groups in total. The summed E-state index contributed by atoms with van der Waals surface area (Å²) < 4.78 is 0. The van der Waals surface area contributed by atoms with Crippen molar-refractivity contribution in [2.75, 3.05) is 0 Å². The van der Waals surface area contributed by atoms with E-state index in [1.54, 1.807) is 0 Å². The lowest BCUT2D eigenvalue weighted by molar-refractivity contribution is 0.636. The summed E-state index contributed by atoms with van der Waals surface area (Å²) in [7, 11) is 0. The summed E-state index contributed by atoms with van der Waals surface area (Å²) in [5.41, 5.74) is 1.38. The van der Waals surface area contributed by atoms with Crippen LogP contribution in [0.1, 0.15) is 33.6 Å². The lowest BCUT2D eigenvalue weighted by atomic mass is 9.98. The summed E-state index contributed by atoms with van der Waals surface area (Å²) in [4.78, 5) is 0. The quantitative estimate of drug-likeness (QED) is 0.492. The lowest BCUT2D eigenvalue weighted by Crippen LogP contribution is -1.93. The van der Waals surface area contributed by atoms with Gasteiger partial charge in [-0.05, 0) is 18.8 Å². The smallest absolute Gasteiger partial charge is 0.0237 e. The van der Waals surface area contributed by atoms with E-state index in [0.717, 1.165) is 12.3 Å². The molecule has 0 aromatic carbocycles. The second-order valence-corrected chi connectivity index (χ2v) is 2.32. The van der Waals surface area contributed by atoms with Gasteiger partial charge in [-0.3, -0.25) is 0 Å². The molecule has 0 aliphatic rings. The Kier molecular flexibility index (Phi) is 3.59. The minimum atomic E-state index is 0.722. The molecule has 0 rings (SSSR count). The summed E-state index contributed by atoms with van der Waals surface area (Å²) in [6.45, 7) is 10.5. The summed E-state index contributed by atoms with van der Waals surface area (Å²) in [6.07, 6.45) is 2.36. The molecule has 0 heteroatoms. The highest BCUT2D eigenvalue weighted by Crippen LogP contribution is 2.13. The molecule has 0 amide bonds. The van der Waals surface area contributed by atoms with Gasteiger partial charge in [-0.2, -0.15) is 0 Å². The molecule has 1 unspecified atom stereocenters. The molecule has 0 aromatic heterocycles. The second-order valence-electron chi connectivity index (χ2n) is 2.32. The van der Waals surface area contributed by atoms with Gasteiger partial charge in [0.15, 0.2) is 0 Å². The zero-order chi connectivity index (χ0) is 6.57. The van der Waals surface area contributed by atoms with Crippen molar-refractivity contribution in [3.05, 3.63) is 12.2 Å². The fraction of sp³-hybridized carbons (Fsp3) is 0.750. The molecule has 0 saturated heterocycles. The molecule has 0 bridgehead atoms. The summed E-state index contributed by atoms with van der Waals surface area (Å²) in [5.74, 6) is 0.722. The van der Waals surface area contributed by atoms with E-state index >= 15 is 0 Å². The van der Waals surface area contributed by atoms with E-state index in [0.29, 0.717) is 0 Å². The van der Waals surface area contributed by atoms with Crippen LogP contribution in [0.5, 0.6) is 0 Å². The van der Waals surface area contributed by atoms with Crippen LogP contribution in [0, 0.1) is 5.92 Å². The number of rotatable bonds is 3. The van der Waals surface area contributed by atoms with Gasteiger partial charge in [0.2, 0.25) is 0 Å². The topological polar surface area (TPSA) is 0 Å². The van der Waals surface area contributed by atoms with Crippen LogP contribution in [0.4, 0.5) is 0 Å². The van der Waals surface area contributed by atoms with Gasteiger partial charge in [0, 0.05) is 0 Å². The molecule has 0 aliphatic heterocycles. The Morgan fingerprint density at radius 3 is 2.12 bits per heavy atom. The van der Waals surface area contributed by atoms with E-state index in [4.69, 9.17) is 0 Å². The third-order valence-corrected chi connectivity index (χ3v) is 1.76. The Morgan fingerprint density at radius 1 is 1.50 bits per heavy atom. The normalized spacial score (nSPS) is 13.4. The first-order valence-electron chi connectivity index (χ1n) is 3.40. The SMILES string of the molecule is C=C(CC)C(C)CC. The highest BCUT2D eigenvalue weighted by molar-refractivity contribution is 4.96. The molecular formula is C8H16. The van der Waals surface area contributed by atoms with Gasteiger partial charge < -0.3 is 0 Å². The summed E-state index contributed by atoms with van der Waals surface area (Å²) in [5, 5.41) is 0. The number of allylic oxidation sites excluding steroid dienone is 1. The van der Waals surface area contributed by atoms with Gasteiger partial charge >= 0.3 is 0 Å². The van der Waals surface area contributed by atoms with Crippen molar-refractivity contribution in [3.63, 3.8) is 0 Å². The van der Waals surface area contributed by atoms with Crippen LogP contribution in [0.15, 0.2) is 12.2 Å². The van der Waals surface area contributed by atoms with Gasteiger partial charge in [0.25, 0.3) is 0 Å². The first-order chi connectivity index (χ1) is 3.72. The second kappa shape index (κ2) is 3.71. The number of hydrogen-bond acceptors (Lipinski definition) is 0. The first kappa shape index (κ1) is 7.74. The van der Waals surface area contributed by atoms with E-state index in [2.05, 4.69) is 27.4 Å². The monoisotopic (exact) mass is 112 g/mol. The van der Waals surface area contributed by atoms with Crippen molar-refractivity contribution in [2.24, 2.45) is 5.92 Å². The van der Waals surface area contributed by atoms with Gasteiger partial charge in [-0.15, -0.1) is 0 Å². The Hall–Kier alpha value is -0.260. The molecule has 0 spiro atoms. The zero-order valence-electron chi connectivity index (χ0n) is 6.20. The Balaban J connectivity index is 3.46. The molecule has 0 radical (unpaired) electrons. The molecule has 8 heavy (non-hydrogen) atoms. The van der Waals surface area contributed by atoms with E-state index in [-0.39, 0.29) is 0 Å². The van der Waals surface area contributed by atoms with Gasteiger partial charge in [0.1, 0.15) is 0 Å². The van der Waals surface area contributed by atoms with Crippen molar-refractivity contribution in [2.45, 2.75) is 33.6 Å². The Bertz CT molecular complexity index is 72.1. The summed E-state index contributed by atoms with van der Waals surface area (Å²) >= 11 is 0. The van der Waals surface area contributed by atoms with Gasteiger partial charge in [-0.1, -0.05) is 32.9 Å². The average Bonchev–Trinajstić information content (AvgIpc) is 1.84. The molecule has 0 aliphatic carbocycles. The fourth-order valence-corrected chi connectivity index (χ4v) is 0.637. The van der Waals surface area contributed by atoms with Crippen LogP contribution in [0.3, 0.4) is 0 Å². The van der Waals surface area contributed by atoms with Crippen LogP contribution in [-0.4, -0.2) is 0 Å². The molecule has 0 nitrogen and oxygen atoms in total. The maximum Gasteiger partial charge on any atom is -0.0237 e. The zero-order valence-corrected chi connectivity index (χ0v) is 6.20. The third kappa shape index (κ3) is 2.15. The predicted octanol–water partition coefficient (Wildman–Crippen LogP) is 3.00. The maximum atomic E-state index is 3.94. The van der Waals surface area contributed by atoms with E-state index in [1.165, 1.54) is 12.0 Å². The molecule has 1 atom stereocenters. The van der Waals surface area contributed by atoms with Crippen LogP contribution >= 0.6 is 0 Å². The molecule has 0 aromatic rings. The maximum absolute atomic E-state index is 3.94. The summed E-state index contributed by atoms with van der Waals surface area (Å²) in [6, 6.07) is 0. The van der Waals surface area contributed by atoms with Crippen LogP contribution in [0.2, 0.25) is 0 Å². The van der Waals surface area contributed by atoms with Crippen LogP contribution in [0.25, 0.3) is 0 Å². The highest BCUT2D eigenvalue weighted by atomic mass is 14.0. The van der Waals surface area contributed by atoms with Crippen molar-refractivity contribution in [3.8, 4) is 0 Å². The largest absolute Gasteiger partial charge is 0.0996 e. The van der Waals surface area contributed by atoms with Crippen LogP contribution in [-0.2, 0) is 0 Å². The standard InChI is InChI=1S/C8H16/c1-5-7(3)8(4)6-2/h8H,3,5-6H2,1-2,4H3. The lowest BCUT2D eigenvalue weighted by Gasteiger charge is -2.08. The Morgan fingerprint density at radius 2 is 2.00 bits per heavy atom. The highest BCUT2D eigenvalue weighted by Gasteiger charge is 1.98. The van der Waals surface area contributed by atoms with Crippen molar-refractivity contribution in [1.82, 2.24) is 0 Å². The minimum absolute atomic E-state index is 0.722. The van der Waals surface area contributed by atoms with E-state index in [1.807, 2.05) is 0 Å². The van der Waals surface area contributed by atoms with E-state index < -0.39 is 0 Å². The van der Waals surface area contributed by atoms with Gasteiger partial charge in [-0.25, -0.2) is 0 Å². The van der Waals surface area contributed by atoms with E-state index in [9.17, 15) is 0 Å². The van der Waals surface area contributed by atoms with Crippen molar-refractivity contribution < 1.29 is 0 Å². The molecule has 48 valence electrons. The molecule has 0 saturated carbocycles. The molecule has 0 fully saturated rings. The third-order valence-electron chi connectivity index (χ3n) is 1.76. The Labute approximate surface area is 52.6 Å². The van der Waals surface area contributed by atoms with Gasteiger partial charge in [0.05, 0.1) is 0 Å². The van der Waals surface area contributed by atoms with Crippen molar-refractivity contribution in [1.29, 1.82) is 0 Å². The van der Waals surface area contributed by atoms with Crippen LogP contribution < -0.4 is 0 Å². The first-order valence-corrected chi connectivity index (χ1v) is 3.40. The number of hydrogen-bond donors (Lipinski definition) is 0. The van der Waals surface area contributed by atoms with Crippen molar-refractivity contribution >= 4 is 0 Å². The molecular weight excluding hydrogens is 96.1 g/mol. The average molecular weight is 112 g/mol. The molecule has 0 heterocycles. The fourth-order valence-electron chi connectivity index (χ4n) is 0.637. The predicted molar refractivity (Wildman–Crippen MR) is 38.9 cm³/mol. The minimum Gasteiger partial charge on any atom is -0.0996 e.